The van der Waals surface area contributed by atoms with Crippen molar-refractivity contribution in [1.29, 1.82) is 0 Å². The fourth-order valence-corrected chi connectivity index (χ4v) is 0.968. The summed E-state index contributed by atoms with van der Waals surface area (Å²) in [6.07, 6.45) is 4.95. The number of nitrogens with zero attached hydrogens (tertiary/aromatic N) is 2. The lowest BCUT2D eigenvalue weighted by atomic mass is 10.3. The van der Waals surface area contributed by atoms with E-state index in [0.29, 0.717) is 0 Å². The largest absolute Gasteiger partial charge is 0.428 e. The maximum Gasteiger partial charge on any atom is 0.0896 e. The van der Waals surface area contributed by atoms with Crippen LogP contribution in [0.3, 0.4) is 0 Å². The summed E-state index contributed by atoms with van der Waals surface area (Å²) in [4.78, 5) is 3.90. The van der Waals surface area contributed by atoms with Crippen LogP contribution in [-0.4, -0.2) is 14.9 Å². The van der Waals surface area contributed by atoms with Crippen molar-refractivity contribution in [2.75, 3.05) is 0 Å². The fraction of sp³-hybridized carbons (Fsp3) is 0. The van der Waals surface area contributed by atoms with Gasteiger partial charge in [0.05, 0.1) is 5.52 Å². The van der Waals surface area contributed by atoms with Crippen LogP contribution in [0.4, 0.5) is 0 Å². The van der Waals surface area contributed by atoms with E-state index in [9.17, 15) is 0 Å². The van der Waals surface area contributed by atoms with Crippen LogP contribution in [0.25, 0.3) is 10.9 Å². The van der Waals surface area contributed by atoms with Crippen molar-refractivity contribution >= 4 is 10.9 Å². The molecule has 0 unspecified atom stereocenters. The van der Waals surface area contributed by atoms with Gasteiger partial charge in [0.25, 0.3) is 0 Å². The average Bonchev–Trinajstić information content (AvgIpc) is 2.34. The molecule has 0 aliphatic carbocycles. The first-order valence-electron chi connectivity index (χ1n) is 2.98. The molecule has 3 heteroatoms. The van der Waals surface area contributed by atoms with Crippen molar-refractivity contribution < 1.29 is 5.21 Å². The highest BCUT2D eigenvalue weighted by atomic mass is 16.5. The topological polar surface area (TPSA) is 38.0 Å². The Labute approximate surface area is 57.5 Å². The predicted molar refractivity (Wildman–Crippen MR) is 36.9 cm³/mol. The number of hydrogen-bond acceptors (Lipinski definition) is 2. The summed E-state index contributed by atoms with van der Waals surface area (Å²) in [5.41, 5.74) is 0.787. The minimum Gasteiger partial charge on any atom is -0.428 e. The molecule has 2 heterocycles. The Kier molecular flexibility index (Phi) is 0.917. The smallest absolute Gasteiger partial charge is 0.0896 e. The highest BCUT2D eigenvalue weighted by Gasteiger charge is 1.95. The Balaban J connectivity index is 2.93. The molecule has 2 aromatic heterocycles. The normalized spacial score (nSPS) is 10.4. The van der Waals surface area contributed by atoms with Gasteiger partial charge in [-0.05, 0) is 12.1 Å². The van der Waals surface area contributed by atoms with E-state index in [1.807, 2.05) is 6.07 Å². The fourth-order valence-electron chi connectivity index (χ4n) is 0.968. The molecule has 2 rings (SSSR count). The maximum absolute atomic E-state index is 9.10. The molecule has 0 aromatic carbocycles. The first-order valence-corrected chi connectivity index (χ1v) is 2.98. The van der Waals surface area contributed by atoms with Gasteiger partial charge in [-0.1, -0.05) is 0 Å². The van der Waals surface area contributed by atoms with Gasteiger partial charge >= 0.3 is 0 Å². The zero-order valence-corrected chi connectivity index (χ0v) is 5.23. The summed E-state index contributed by atoms with van der Waals surface area (Å²) in [5, 5.41) is 10.0. The Morgan fingerprint density at radius 2 is 2.30 bits per heavy atom. The zero-order valence-electron chi connectivity index (χ0n) is 5.23. The summed E-state index contributed by atoms with van der Waals surface area (Å²) in [7, 11) is 0. The van der Waals surface area contributed by atoms with Gasteiger partial charge in [0.1, 0.15) is 0 Å². The summed E-state index contributed by atoms with van der Waals surface area (Å²) in [6.45, 7) is 0. The van der Waals surface area contributed by atoms with Gasteiger partial charge in [0.2, 0.25) is 0 Å². The van der Waals surface area contributed by atoms with E-state index in [2.05, 4.69) is 4.98 Å². The van der Waals surface area contributed by atoms with Gasteiger partial charge in [0.15, 0.2) is 0 Å². The molecule has 0 spiro atoms. The van der Waals surface area contributed by atoms with Crippen molar-refractivity contribution in [1.82, 2.24) is 9.71 Å². The molecular formula is C7H6N2O. The van der Waals surface area contributed by atoms with Crippen LogP contribution in [0.15, 0.2) is 30.7 Å². The van der Waals surface area contributed by atoms with Crippen molar-refractivity contribution in [3.05, 3.63) is 30.7 Å². The van der Waals surface area contributed by atoms with E-state index in [1.165, 1.54) is 0 Å². The number of pyridine rings is 1. The number of hydrogen-bond donors (Lipinski definition) is 1. The summed E-state index contributed by atoms with van der Waals surface area (Å²) in [6, 6.07) is 3.57. The Morgan fingerprint density at radius 3 is 3.10 bits per heavy atom. The van der Waals surface area contributed by atoms with Gasteiger partial charge in [-0.2, -0.15) is 4.73 Å². The monoisotopic (exact) mass is 134 g/mol. The minimum absolute atomic E-state index is 0.787. The summed E-state index contributed by atoms with van der Waals surface area (Å²) < 4.78 is 1.08. The molecule has 0 fully saturated rings. The third-order valence-corrected chi connectivity index (χ3v) is 1.47. The van der Waals surface area contributed by atoms with Crippen LogP contribution in [0.1, 0.15) is 0 Å². The second-order valence-corrected chi connectivity index (χ2v) is 2.09. The average molecular weight is 134 g/mol. The summed E-state index contributed by atoms with van der Waals surface area (Å²) in [5.74, 6) is 0. The van der Waals surface area contributed by atoms with E-state index in [-0.39, 0.29) is 0 Å². The lowest BCUT2D eigenvalue weighted by Crippen LogP contribution is -1.84. The van der Waals surface area contributed by atoms with Crippen LogP contribution in [0, 0.1) is 0 Å². The number of fused-ring (bicyclic) bond motifs is 1. The van der Waals surface area contributed by atoms with Crippen LogP contribution < -0.4 is 0 Å². The molecule has 0 aliphatic heterocycles. The molecule has 2 aromatic rings. The Bertz CT molecular complexity index is 353. The van der Waals surface area contributed by atoms with Crippen molar-refractivity contribution in [3.8, 4) is 0 Å². The first kappa shape index (κ1) is 5.29. The zero-order chi connectivity index (χ0) is 6.97. The lowest BCUT2D eigenvalue weighted by Gasteiger charge is -1.90. The molecule has 0 atom stereocenters. The SMILES string of the molecule is On1ccc2cnccc21. The molecule has 0 amide bonds. The van der Waals surface area contributed by atoms with Gasteiger partial charge < -0.3 is 5.21 Å². The van der Waals surface area contributed by atoms with E-state index >= 15 is 0 Å². The quantitative estimate of drug-likeness (QED) is 0.551. The number of rotatable bonds is 0. The second kappa shape index (κ2) is 1.73. The molecule has 0 radical (unpaired) electrons. The van der Waals surface area contributed by atoms with E-state index < -0.39 is 0 Å². The van der Waals surface area contributed by atoms with Crippen molar-refractivity contribution in [2.45, 2.75) is 0 Å². The van der Waals surface area contributed by atoms with Crippen LogP contribution in [0.2, 0.25) is 0 Å². The second-order valence-electron chi connectivity index (χ2n) is 2.09. The number of aromatic nitrogens is 2. The van der Waals surface area contributed by atoms with Crippen LogP contribution in [0.5, 0.6) is 0 Å². The Morgan fingerprint density at radius 1 is 1.40 bits per heavy atom. The minimum atomic E-state index is 0.787. The van der Waals surface area contributed by atoms with Crippen molar-refractivity contribution in [3.63, 3.8) is 0 Å². The van der Waals surface area contributed by atoms with E-state index in [0.717, 1.165) is 15.6 Å². The molecule has 1 N–H and O–H groups in total. The predicted octanol–water partition coefficient (Wildman–Crippen LogP) is 1.27. The molecule has 0 aliphatic rings. The molecule has 50 valence electrons. The van der Waals surface area contributed by atoms with Gasteiger partial charge in [-0.3, -0.25) is 4.98 Å². The van der Waals surface area contributed by atoms with Crippen molar-refractivity contribution in [2.24, 2.45) is 0 Å². The third-order valence-electron chi connectivity index (χ3n) is 1.47. The molecule has 10 heavy (non-hydrogen) atoms. The molecule has 0 saturated heterocycles. The standard InChI is InChI=1S/C7H6N2O/c10-9-4-2-6-5-8-3-1-7(6)9/h1-5,10H. The molecule has 0 bridgehead atoms. The van der Waals surface area contributed by atoms with E-state index in [1.54, 1.807) is 24.7 Å². The highest BCUT2D eigenvalue weighted by Crippen LogP contribution is 2.10. The van der Waals surface area contributed by atoms with Gasteiger partial charge in [0, 0.05) is 24.0 Å². The van der Waals surface area contributed by atoms with Gasteiger partial charge in [-0.25, -0.2) is 0 Å². The first-order chi connectivity index (χ1) is 4.88. The Hall–Kier alpha value is -1.51. The third kappa shape index (κ3) is 0.572. The maximum atomic E-state index is 9.10. The summed E-state index contributed by atoms with van der Waals surface area (Å²) >= 11 is 0. The van der Waals surface area contributed by atoms with Gasteiger partial charge in [-0.15, -0.1) is 0 Å². The highest BCUT2D eigenvalue weighted by molar-refractivity contribution is 5.78. The molecular weight excluding hydrogens is 128 g/mol. The lowest BCUT2D eigenvalue weighted by molar-refractivity contribution is 0.200. The molecule has 0 saturated carbocycles. The van der Waals surface area contributed by atoms with Crippen LogP contribution in [-0.2, 0) is 0 Å². The van der Waals surface area contributed by atoms with E-state index in [4.69, 9.17) is 5.21 Å². The van der Waals surface area contributed by atoms with Crippen LogP contribution >= 0.6 is 0 Å². The molecule has 3 nitrogen and oxygen atoms in total.